The number of benzene rings is 3. The fraction of sp³-hybridized carbons (Fsp3) is 0.185. The second-order valence-corrected chi connectivity index (χ2v) is 7.94. The minimum atomic E-state index is -0.0711. The van der Waals surface area contributed by atoms with E-state index in [0.29, 0.717) is 25.3 Å². The Morgan fingerprint density at radius 2 is 1.73 bits per heavy atom. The van der Waals surface area contributed by atoms with E-state index < -0.39 is 0 Å². The lowest BCUT2D eigenvalue weighted by Crippen LogP contribution is -2.26. The number of carbonyl (C=O) groups is 1. The van der Waals surface area contributed by atoms with Crippen LogP contribution in [0, 0.1) is 0 Å². The number of aromatic nitrogens is 1. The van der Waals surface area contributed by atoms with E-state index in [0.717, 1.165) is 45.0 Å². The van der Waals surface area contributed by atoms with Crippen LogP contribution in [-0.4, -0.2) is 43.2 Å². The van der Waals surface area contributed by atoms with Crippen LogP contribution in [0.2, 0.25) is 0 Å². The van der Waals surface area contributed by atoms with E-state index in [1.807, 2.05) is 72.8 Å². The maximum atomic E-state index is 13.6. The molecule has 2 heterocycles. The Hall–Kier alpha value is -4.06. The number of pyridine rings is 1. The number of nitrogens with zero attached hydrogens (tertiary/aromatic N) is 2. The molecule has 1 aromatic heterocycles. The molecule has 166 valence electrons. The highest BCUT2D eigenvalue weighted by atomic mass is 16.6. The van der Waals surface area contributed by atoms with Gasteiger partial charge in [-0.05, 0) is 54.1 Å². The van der Waals surface area contributed by atoms with Gasteiger partial charge in [-0.1, -0.05) is 24.3 Å². The van der Waals surface area contributed by atoms with Gasteiger partial charge in [0.1, 0.15) is 19.0 Å². The molecule has 6 heteroatoms. The highest BCUT2D eigenvalue weighted by Gasteiger charge is 2.19. The Bertz CT molecular complexity index is 1320. The minimum absolute atomic E-state index is 0.0711. The van der Waals surface area contributed by atoms with E-state index in [4.69, 9.17) is 19.2 Å². The number of amides is 1. The molecule has 6 nitrogen and oxygen atoms in total. The molecule has 1 amide bonds. The molecule has 5 rings (SSSR count). The van der Waals surface area contributed by atoms with Gasteiger partial charge in [0.05, 0.1) is 23.9 Å². The van der Waals surface area contributed by atoms with Crippen LogP contribution in [0.25, 0.3) is 22.2 Å². The smallest absolute Gasteiger partial charge is 0.254 e. The van der Waals surface area contributed by atoms with Crippen molar-refractivity contribution in [2.45, 2.75) is 6.54 Å². The average molecular weight is 440 g/mol. The number of hydrogen-bond donors (Lipinski definition) is 0. The SMILES string of the molecule is COc1ccc(-c2cc(C(=O)N(C)Cc3ccc4c(c3)OCCO4)c3ccccc3n2)cc1. The zero-order valence-corrected chi connectivity index (χ0v) is 18.6. The van der Waals surface area contributed by atoms with Gasteiger partial charge < -0.3 is 19.1 Å². The summed E-state index contributed by atoms with van der Waals surface area (Å²) < 4.78 is 16.5. The summed E-state index contributed by atoms with van der Waals surface area (Å²) in [5.41, 5.74) is 4.04. The fourth-order valence-corrected chi connectivity index (χ4v) is 4.00. The molecule has 1 aliphatic heterocycles. The van der Waals surface area contributed by atoms with E-state index in [1.165, 1.54) is 0 Å². The number of carbonyl (C=O) groups excluding carboxylic acids is 1. The summed E-state index contributed by atoms with van der Waals surface area (Å²) in [4.78, 5) is 20.1. The van der Waals surface area contributed by atoms with Crippen molar-refractivity contribution in [3.05, 3.63) is 83.9 Å². The maximum Gasteiger partial charge on any atom is 0.254 e. The normalized spacial score (nSPS) is 12.4. The lowest BCUT2D eigenvalue weighted by Gasteiger charge is -2.22. The Morgan fingerprint density at radius 1 is 0.970 bits per heavy atom. The second-order valence-electron chi connectivity index (χ2n) is 7.94. The van der Waals surface area contributed by atoms with Gasteiger partial charge in [-0.3, -0.25) is 4.79 Å². The molecule has 0 saturated heterocycles. The number of fused-ring (bicyclic) bond motifs is 2. The van der Waals surface area contributed by atoms with E-state index in [9.17, 15) is 4.79 Å². The summed E-state index contributed by atoms with van der Waals surface area (Å²) in [5.74, 6) is 2.16. The van der Waals surface area contributed by atoms with Gasteiger partial charge >= 0.3 is 0 Å². The summed E-state index contributed by atoms with van der Waals surface area (Å²) in [6, 6.07) is 23.1. The zero-order valence-electron chi connectivity index (χ0n) is 18.6. The van der Waals surface area contributed by atoms with Gasteiger partial charge in [0.2, 0.25) is 0 Å². The molecule has 0 spiro atoms. The molecule has 3 aromatic carbocycles. The predicted molar refractivity (Wildman–Crippen MR) is 127 cm³/mol. The maximum absolute atomic E-state index is 13.6. The van der Waals surface area contributed by atoms with Crippen LogP contribution < -0.4 is 14.2 Å². The third-order valence-electron chi connectivity index (χ3n) is 5.71. The first kappa shape index (κ1) is 20.8. The third-order valence-corrected chi connectivity index (χ3v) is 5.71. The van der Waals surface area contributed by atoms with E-state index in [2.05, 4.69) is 0 Å². The van der Waals surface area contributed by atoms with Crippen LogP contribution in [0.4, 0.5) is 0 Å². The molecule has 0 fully saturated rings. The van der Waals surface area contributed by atoms with Crippen LogP contribution >= 0.6 is 0 Å². The summed E-state index contributed by atoms with van der Waals surface area (Å²) >= 11 is 0. The van der Waals surface area contributed by atoms with Gasteiger partial charge in [0, 0.05) is 24.5 Å². The molecule has 0 saturated carbocycles. The lowest BCUT2D eigenvalue weighted by molar-refractivity contribution is 0.0786. The third kappa shape index (κ3) is 4.20. The molecule has 0 atom stereocenters. The van der Waals surface area contributed by atoms with Crippen molar-refractivity contribution in [1.82, 2.24) is 9.88 Å². The highest BCUT2D eigenvalue weighted by molar-refractivity contribution is 6.07. The first-order valence-corrected chi connectivity index (χ1v) is 10.8. The number of rotatable bonds is 5. The van der Waals surface area contributed by atoms with Crippen molar-refractivity contribution in [2.24, 2.45) is 0 Å². The quantitative estimate of drug-likeness (QED) is 0.439. The van der Waals surface area contributed by atoms with Crippen molar-refractivity contribution < 1.29 is 19.0 Å². The van der Waals surface area contributed by atoms with Crippen molar-refractivity contribution in [2.75, 3.05) is 27.4 Å². The van der Waals surface area contributed by atoms with Gasteiger partial charge in [-0.25, -0.2) is 4.98 Å². The zero-order chi connectivity index (χ0) is 22.8. The van der Waals surface area contributed by atoms with Crippen molar-refractivity contribution in [3.8, 4) is 28.5 Å². The Balaban J connectivity index is 1.48. The standard InChI is InChI=1S/C27H24N2O4/c1-29(17-18-7-12-25-26(15-18)33-14-13-32-25)27(30)22-16-24(19-8-10-20(31-2)11-9-19)28-23-6-4-3-5-21(22)23/h3-12,15-16H,13-14,17H2,1-2H3. The van der Waals surface area contributed by atoms with Crippen molar-refractivity contribution in [3.63, 3.8) is 0 Å². The number of hydrogen-bond acceptors (Lipinski definition) is 5. The molecule has 0 N–H and O–H groups in total. The van der Waals surface area contributed by atoms with Crippen LogP contribution in [-0.2, 0) is 6.54 Å². The van der Waals surface area contributed by atoms with Gasteiger partial charge in [0.15, 0.2) is 11.5 Å². The van der Waals surface area contributed by atoms with E-state index in [1.54, 1.807) is 19.1 Å². The van der Waals surface area contributed by atoms with Gasteiger partial charge in [0.25, 0.3) is 5.91 Å². The van der Waals surface area contributed by atoms with Gasteiger partial charge in [-0.15, -0.1) is 0 Å². The highest BCUT2D eigenvalue weighted by Crippen LogP contribution is 2.32. The topological polar surface area (TPSA) is 60.9 Å². The Labute approximate surface area is 192 Å². The lowest BCUT2D eigenvalue weighted by atomic mass is 10.0. The molecule has 0 aliphatic carbocycles. The van der Waals surface area contributed by atoms with Crippen LogP contribution in [0.5, 0.6) is 17.2 Å². The molecular weight excluding hydrogens is 416 g/mol. The first-order valence-electron chi connectivity index (χ1n) is 10.8. The molecule has 0 bridgehead atoms. The number of para-hydroxylation sites is 1. The second kappa shape index (κ2) is 8.82. The van der Waals surface area contributed by atoms with Crippen LogP contribution in [0.1, 0.15) is 15.9 Å². The Morgan fingerprint density at radius 3 is 2.52 bits per heavy atom. The van der Waals surface area contributed by atoms with Crippen molar-refractivity contribution >= 4 is 16.8 Å². The van der Waals surface area contributed by atoms with E-state index in [-0.39, 0.29) is 5.91 Å². The summed E-state index contributed by atoms with van der Waals surface area (Å²) in [7, 11) is 3.44. The summed E-state index contributed by atoms with van der Waals surface area (Å²) in [5, 5.41) is 0.828. The van der Waals surface area contributed by atoms with Gasteiger partial charge in [-0.2, -0.15) is 0 Å². The van der Waals surface area contributed by atoms with Crippen LogP contribution in [0.15, 0.2) is 72.8 Å². The predicted octanol–water partition coefficient (Wildman–Crippen LogP) is 4.95. The summed E-state index contributed by atoms with van der Waals surface area (Å²) in [6.45, 7) is 1.53. The molecule has 0 unspecified atom stereocenters. The minimum Gasteiger partial charge on any atom is -0.497 e. The average Bonchev–Trinajstić information content (AvgIpc) is 2.87. The van der Waals surface area contributed by atoms with Crippen molar-refractivity contribution in [1.29, 1.82) is 0 Å². The fourth-order valence-electron chi connectivity index (χ4n) is 4.00. The monoisotopic (exact) mass is 440 g/mol. The number of methoxy groups -OCH3 is 1. The molecule has 0 radical (unpaired) electrons. The molecule has 1 aliphatic rings. The first-order chi connectivity index (χ1) is 16.1. The summed E-state index contributed by atoms with van der Waals surface area (Å²) in [6.07, 6.45) is 0. The van der Waals surface area contributed by atoms with Crippen LogP contribution in [0.3, 0.4) is 0 Å². The molecular formula is C27H24N2O4. The Kier molecular flexibility index (Phi) is 5.57. The van der Waals surface area contributed by atoms with E-state index >= 15 is 0 Å². The molecule has 33 heavy (non-hydrogen) atoms. The molecule has 4 aromatic rings. The largest absolute Gasteiger partial charge is 0.497 e. The number of ether oxygens (including phenoxy) is 3.